The highest BCUT2D eigenvalue weighted by Crippen LogP contribution is 2.29. The third-order valence-corrected chi connectivity index (χ3v) is 5.54. The molecule has 0 bridgehead atoms. The molecule has 0 amide bonds. The van der Waals surface area contributed by atoms with Crippen LogP contribution in [-0.2, 0) is 14.8 Å². The first-order valence-electron chi connectivity index (χ1n) is 7.22. The van der Waals surface area contributed by atoms with Crippen molar-refractivity contribution in [2.24, 2.45) is 0 Å². The number of carboxylic acid groups (broad SMARTS) is 1. The van der Waals surface area contributed by atoms with Gasteiger partial charge in [-0.15, -0.1) is 0 Å². The molecule has 1 N–H and O–H groups in total. The Bertz CT molecular complexity index is 844. The van der Waals surface area contributed by atoms with Crippen LogP contribution in [0.3, 0.4) is 0 Å². The van der Waals surface area contributed by atoms with Crippen LogP contribution in [0.15, 0.2) is 47.4 Å². The van der Waals surface area contributed by atoms with Crippen molar-refractivity contribution in [3.8, 4) is 5.75 Å². The van der Waals surface area contributed by atoms with Crippen LogP contribution < -0.4 is 9.04 Å². The molecule has 24 heavy (non-hydrogen) atoms. The number of anilines is 1. The second-order valence-electron chi connectivity index (χ2n) is 5.30. The van der Waals surface area contributed by atoms with E-state index >= 15 is 0 Å². The Morgan fingerprint density at radius 1 is 1.12 bits per heavy atom. The summed E-state index contributed by atoms with van der Waals surface area (Å²) in [5.74, 6) is -0.710. The minimum Gasteiger partial charge on any atom is -0.497 e. The predicted molar refractivity (Wildman–Crippen MR) is 91.1 cm³/mol. The number of rotatable bonds is 6. The van der Waals surface area contributed by atoms with Gasteiger partial charge in [-0.3, -0.25) is 9.10 Å². The summed E-state index contributed by atoms with van der Waals surface area (Å²) in [5, 5.41) is 9.17. The Morgan fingerprint density at radius 2 is 1.75 bits per heavy atom. The summed E-state index contributed by atoms with van der Waals surface area (Å²) in [4.78, 5) is 11.2. The van der Waals surface area contributed by atoms with Gasteiger partial charge in [0.2, 0.25) is 0 Å². The molecule has 0 aliphatic heterocycles. The number of aliphatic carboxylic acids is 1. The summed E-state index contributed by atoms with van der Waals surface area (Å²) in [6.07, 6.45) is 0. The fraction of sp³-hybridized carbons (Fsp3) is 0.235. The number of sulfonamides is 1. The quantitative estimate of drug-likeness (QED) is 0.866. The van der Waals surface area contributed by atoms with Gasteiger partial charge in [0.1, 0.15) is 12.3 Å². The summed E-state index contributed by atoms with van der Waals surface area (Å²) < 4.78 is 31.8. The van der Waals surface area contributed by atoms with Crippen LogP contribution in [0.25, 0.3) is 0 Å². The number of carbonyl (C=O) groups is 1. The van der Waals surface area contributed by atoms with E-state index in [1.165, 1.54) is 31.4 Å². The Kier molecular flexibility index (Phi) is 5.14. The summed E-state index contributed by atoms with van der Waals surface area (Å²) in [6, 6.07) is 11.0. The number of methoxy groups -OCH3 is 1. The second-order valence-corrected chi connectivity index (χ2v) is 7.16. The number of hydrogen-bond acceptors (Lipinski definition) is 4. The van der Waals surface area contributed by atoms with Crippen LogP contribution in [0.4, 0.5) is 5.69 Å². The Labute approximate surface area is 141 Å². The van der Waals surface area contributed by atoms with Crippen molar-refractivity contribution >= 4 is 21.7 Å². The molecule has 0 aromatic heterocycles. The monoisotopic (exact) mass is 349 g/mol. The number of carboxylic acids is 1. The third kappa shape index (κ3) is 3.51. The van der Waals surface area contributed by atoms with E-state index in [4.69, 9.17) is 4.74 Å². The molecule has 0 aliphatic carbocycles. The smallest absolute Gasteiger partial charge is 0.324 e. The van der Waals surface area contributed by atoms with Crippen molar-refractivity contribution in [1.82, 2.24) is 0 Å². The van der Waals surface area contributed by atoms with Gasteiger partial charge in [0.25, 0.3) is 10.0 Å². The molecule has 0 fully saturated rings. The predicted octanol–water partition coefficient (Wildman–Crippen LogP) is 2.59. The van der Waals surface area contributed by atoms with Gasteiger partial charge in [0.15, 0.2) is 0 Å². The number of benzene rings is 2. The molecule has 7 heteroatoms. The van der Waals surface area contributed by atoms with Gasteiger partial charge in [-0.05, 0) is 55.3 Å². The first-order chi connectivity index (χ1) is 11.3. The summed E-state index contributed by atoms with van der Waals surface area (Å²) in [6.45, 7) is 2.96. The largest absolute Gasteiger partial charge is 0.497 e. The third-order valence-electron chi connectivity index (χ3n) is 3.77. The molecule has 6 nitrogen and oxygen atoms in total. The number of hydrogen-bond donors (Lipinski definition) is 1. The van der Waals surface area contributed by atoms with Gasteiger partial charge in [0, 0.05) is 0 Å². The molecule has 0 aliphatic rings. The van der Waals surface area contributed by atoms with Crippen LogP contribution in [0.2, 0.25) is 0 Å². The van der Waals surface area contributed by atoms with E-state index in [1.807, 2.05) is 13.0 Å². The maximum atomic E-state index is 13.0. The molecule has 0 atom stereocenters. The molecular formula is C17H19NO5S. The lowest BCUT2D eigenvalue weighted by molar-refractivity contribution is -0.135. The lowest BCUT2D eigenvalue weighted by Gasteiger charge is -2.25. The summed E-state index contributed by atoms with van der Waals surface area (Å²) >= 11 is 0. The second kappa shape index (κ2) is 6.92. The van der Waals surface area contributed by atoms with E-state index in [0.717, 1.165) is 15.4 Å². The van der Waals surface area contributed by atoms with E-state index in [1.54, 1.807) is 19.1 Å². The number of nitrogens with zero attached hydrogens (tertiary/aromatic N) is 1. The van der Waals surface area contributed by atoms with Crippen LogP contribution >= 0.6 is 0 Å². The van der Waals surface area contributed by atoms with E-state index in [-0.39, 0.29) is 4.90 Å². The molecule has 0 saturated heterocycles. The maximum absolute atomic E-state index is 13.0. The Balaban J connectivity index is 2.57. The lowest BCUT2D eigenvalue weighted by atomic mass is 10.1. The minimum absolute atomic E-state index is 0.00505. The van der Waals surface area contributed by atoms with Crippen LogP contribution in [0.1, 0.15) is 11.1 Å². The lowest BCUT2D eigenvalue weighted by Crippen LogP contribution is -2.36. The molecule has 0 radical (unpaired) electrons. The van der Waals surface area contributed by atoms with Crippen molar-refractivity contribution in [2.75, 3.05) is 18.0 Å². The normalized spacial score (nSPS) is 11.1. The van der Waals surface area contributed by atoms with Crippen molar-refractivity contribution in [3.05, 3.63) is 53.6 Å². The molecule has 0 spiro atoms. The molecule has 0 saturated carbocycles. The summed E-state index contributed by atoms with van der Waals surface area (Å²) in [7, 11) is -2.53. The minimum atomic E-state index is -4.02. The number of aryl methyl sites for hydroxylation is 1. The van der Waals surface area contributed by atoms with Crippen LogP contribution in [-0.4, -0.2) is 33.1 Å². The first-order valence-corrected chi connectivity index (χ1v) is 8.66. The fourth-order valence-electron chi connectivity index (χ4n) is 2.30. The Morgan fingerprint density at radius 3 is 2.29 bits per heavy atom. The van der Waals surface area contributed by atoms with Crippen molar-refractivity contribution < 1.29 is 23.1 Å². The van der Waals surface area contributed by atoms with Gasteiger partial charge < -0.3 is 9.84 Å². The number of ether oxygens (including phenoxy) is 1. The van der Waals surface area contributed by atoms with E-state index in [0.29, 0.717) is 11.4 Å². The maximum Gasteiger partial charge on any atom is 0.324 e. The highest BCUT2D eigenvalue weighted by atomic mass is 32.2. The van der Waals surface area contributed by atoms with Gasteiger partial charge in [-0.1, -0.05) is 12.1 Å². The summed E-state index contributed by atoms with van der Waals surface area (Å²) in [5.41, 5.74) is 1.96. The van der Waals surface area contributed by atoms with Gasteiger partial charge >= 0.3 is 5.97 Å². The van der Waals surface area contributed by atoms with Crippen LogP contribution in [0, 0.1) is 13.8 Å². The van der Waals surface area contributed by atoms with E-state index in [2.05, 4.69) is 0 Å². The molecule has 2 aromatic rings. The highest BCUT2D eigenvalue weighted by Gasteiger charge is 2.28. The van der Waals surface area contributed by atoms with Gasteiger partial charge in [0.05, 0.1) is 17.7 Å². The van der Waals surface area contributed by atoms with Crippen molar-refractivity contribution in [3.63, 3.8) is 0 Å². The molecule has 2 rings (SSSR count). The average molecular weight is 349 g/mol. The first kappa shape index (κ1) is 17.8. The molecule has 0 heterocycles. The standard InChI is InChI=1S/C17H19NO5S/c1-12-5-4-6-16(13(12)2)18(11-17(19)20)24(21,22)15-9-7-14(23-3)8-10-15/h4-10H,11H2,1-3H3,(H,19,20). The molecule has 2 aromatic carbocycles. The molecule has 0 unspecified atom stereocenters. The zero-order valence-corrected chi connectivity index (χ0v) is 14.5. The van der Waals surface area contributed by atoms with Crippen LogP contribution in [0.5, 0.6) is 5.75 Å². The zero-order chi connectivity index (χ0) is 17.9. The average Bonchev–Trinajstić information content (AvgIpc) is 2.55. The van der Waals surface area contributed by atoms with Gasteiger partial charge in [-0.25, -0.2) is 8.42 Å². The van der Waals surface area contributed by atoms with Crippen molar-refractivity contribution in [1.29, 1.82) is 0 Å². The van der Waals surface area contributed by atoms with E-state index in [9.17, 15) is 18.3 Å². The Hall–Kier alpha value is -2.54. The topological polar surface area (TPSA) is 83.9 Å². The molecular weight excluding hydrogens is 330 g/mol. The van der Waals surface area contributed by atoms with E-state index < -0.39 is 22.5 Å². The van der Waals surface area contributed by atoms with Gasteiger partial charge in [-0.2, -0.15) is 0 Å². The molecule has 128 valence electrons. The SMILES string of the molecule is COc1ccc(S(=O)(=O)N(CC(=O)O)c2cccc(C)c2C)cc1. The zero-order valence-electron chi connectivity index (χ0n) is 13.7. The fourth-order valence-corrected chi connectivity index (χ4v) is 3.77. The van der Waals surface area contributed by atoms with Crippen molar-refractivity contribution in [2.45, 2.75) is 18.7 Å². The highest BCUT2D eigenvalue weighted by molar-refractivity contribution is 7.92.